The Morgan fingerprint density at radius 3 is 2.62 bits per heavy atom. The molecule has 3 aromatic rings. The number of nitrogens with one attached hydrogen (secondary N) is 1. The molecule has 0 saturated heterocycles. The van der Waals surface area contributed by atoms with Gasteiger partial charge in [0.25, 0.3) is 5.91 Å². The van der Waals surface area contributed by atoms with Gasteiger partial charge in [-0.25, -0.2) is 10.2 Å². The lowest BCUT2D eigenvalue weighted by atomic mass is 10.1. The molecule has 24 heavy (non-hydrogen) atoms. The summed E-state index contributed by atoms with van der Waals surface area (Å²) in [7, 11) is 0. The SMILES string of the molecule is C/C(=N\NC(=O)c1cc2cc(Br)ccc2oc1=O)c1ccccc1. The first kappa shape index (κ1) is 16.1. The fourth-order valence-corrected chi connectivity index (χ4v) is 2.57. The van der Waals surface area contributed by atoms with Crippen LogP contribution in [0.2, 0.25) is 0 Å². The van der Waals surface area contributed by atoms with E-state index in [-0.39, 0.29) is 5.56 Å². The van der Waals surface area contributed by atoms with Crippen molar-refractivity contribution in [2.45, 2.75) is 6.92 Å². The Morgan fingerprint density at radius 1 is 1.12 bits per heavy atom. The van der Waals surface area contributed by atoms with Crippen molar-refractivity contribution in [2.24, 2.45) is 5.10 Å². The van der Waals surface area contributed by atoms with E-state index in [1.165, 1.54) is 6.07 Å². The number of rotatable bonds is 3. The zero-order chi connectivity index (χ0) is 17.1. The van der Waals surface area contributed by atoms with Crippen LogP contribution in [-0.4, -0.2) is 11.6 Å². The number of hydrogen-bond donors (Lipinski definition) is 1. The molecule has 0 spiro atoms. The molecule has 0 aliphatic rings. The molecule has 6 heteroatoms. The van der Waals surface area contributed by atoms with Gasteiger partial charge in [0, 0.05) is 9.86 Å². The molecule has 0 aliphatic carbocycles. The van der Waals surface area contributed by atoms with Crippen LogP contribution in [0.15, 0.2) is 73.4 Å². The molecule has 5 nitrogen and oxygen atoms in total. The topological polar surface area (TPSA) is 71.7 Å². The van der Waals surface area contributed by atoms with Gasteiger partial charge >= 0.3 is 5.63 Å². The van der Waals surface area contributed by atoms with Crippen molar-refractivity contribution >= 4 is 38.5 Å². The average molecular weight is 385 g/mol. The van der Waals surface area contributed by atoms with E-state index in [1.54, 1.807) is 25.1 Å². The molecule has 1 amide bonds. The summed E-state index contributed by atoms with van der Waals surface area (Å²) in [6.45, 7) is 1.77. The second-order valence-electron chi connectivity index (χ2n) is 5.13. The third kappa shape index (κ3) is 3.44. The molecule has 0 fully saturated rings. The Morgan fingerprint density at radius 2 is 1.88 bits per heavy atom. The van der Waals surface area contributed by atoms with Crippen molar-refractivity contribution < 1.29 is 9.21 Å². The third-order valence-electron chi connectivity index (χ3n) is 3.46. The van der Waals surface area contributed by atoms with Crippen LogP contribution in [0.1, 0.15) is 22.8 Å². The van der Waals surface area contributed by atoms with Crippen LogP contribution < -0.4 is 11.1 Å². The summed E-state index contributed by atoms with van der Waals surface area (Å²) in [6.07, 6.45) is 0. The number of benzene rings is 2. The third-order valence-corrected chi connectivity index (χ3v) is 3.95. The first-order valence-electron chi connectivity index (χ1n) is 7.18. The van der Waals surface area contributed by atoms with Crippen molar-refractivity contribution in [2.75, 3.05) is 0 Å². The van der Waals surface area contributed by atoms with Crippen LogP contribution in [-0.2, 0) is 0 Å². The fraction of sp³-hybridized carbons (Fsp3) is 0.0556. The molecule has 0 bridgehead atoms. The van der Waals surface area contributed by atoms with E-state index in [0.29, 0.717) is 16.7 Å². The number of fused-ring (bicyclic) bond motifs is 1. The van der Waals surface area contributed by atoms with Gasteiger partial charge in [0.15, 0.2) is 0 Å². The average Bonchev–Trinajstić information content (AvgIpc) is 2.60. The van der Waals surface area contributed by atoms with Gasteiger partial charge in [-0.3, -0.25) is 4.79 Å². The number of hydrogen-bond acceptors (Lipinski definition) is 4. The lowest BCUT2D eigenvalue weighted by molar-refractivity contribution is 0.0951. The second kappa shape index (κ2) is 6.80. The van der Waals surface area contributed by atoms with Crippen LogP contribution in [0, 0.1) is 0 Å². The zero-order valence-electron chi connectivity index (χ0n) is 12.7. The van der Waals surface area contributed by atoms with Crippen LogP contribution in [0.5, 0.6) is 0 Å². The largest absolute Gasteiger partial charge is 0.422 e. The Bertz CT molecular complexity index is 994. The lowest BCUT2D eigenvalue weighted by Gasteiger charge is -2.03. The number of carbonyl (C=O) groups excluding carboxylic acids is 1. The summed E-state index contributed by atoms with van der Waals surface area (Å²) < 4.78 is 6.00. The van der Waals surface area contributed by atoms with Crippen molar-refractivity contribution in [1.82, 2.24) is 5.43 Å². The van der Waals surface area contributed by atoms with Crippen molar-refractivity contribution in [3.63, 3.8) is 0 Å². The molecule has 0 atom stereocenters. The molecule has 120 valence electrons. The van der Waals surface area contributed by atoms with E-state index < -0.39 is 11.5 Å². The van der Waals surface area contributed by atoms with Crippen molar-refractivity contribution in [1.29, 1.82) is 0 Å². The van der Waals surface area contributed by atoms with Gasteiger partial charge in [0.1, 0.15) is 11.1 Å². The molecule has 3 rings (SSSR count). The summed E-state index contributed by atoms with van der Waals surface area (Å²) in [4.78, 5) is 24.2. The molecule has 1 aromatic heterocycles. The molecular formula is C18H13BrN2O3. The maximum atomic E-state index is 12.2. The molecule has 0 saturated carbocycles. The Hall–Kier alpha value is -2.73. The van der Waals surface area contributed by atoms with Crippen LogP contribution >= 0.6 is 15.9 Å². The van der Waals surface area contributed by atoms with Crippen molar-refractivity contribution in [3.05, 3.63) is 80.6 Å². The van der Waals surface area contributed by atoms with E-state index in [0.717, 1.165) is 10.0 Å². The van der Waals surface area contributed by atoms with Crippen molar-refractivity contribution in [3.8, 4) is 0 Å². The maximum Gasteiger partial charge on any atom is 0.349 e. The maximum absolute atomic E-state index is 12.2. The van der Waals surface area contributed by atoms with E-state index >= 15 is 0 Å². The molecule has 2 aromatic carbocycles. The highest BCUT2D eigenvalue weighted by Crippen LogP contribution is 2.19. The molecule has 1 N–H and O–H groups in total. The summed E-state index contributed by atoms with van der Waals surface area (Å²) in [5, 5.41) is 4.69. The highest BCUT2D eigenvalue weighted by Gasteiger charge is 2.13. The molecule has 1 heterocycles. The quantitative estimate of drug-likeness (QED) is 0.425. The summed E-state index contributed by atoms with van der Waals surface area (Å²) in [5.74, 6) is -0.610. The number of nitrogens with zero attached hydrogens (tertiary/aromatic N) is 1. The zero-order valence-corrected chi connectivity index (χ0v) is 14.3. The van der Waals surface area contributed by atoms with E-state index in [1.807, 2.05) is 30.3 Å². The number of carbonyl (C=O) groups is 1. The predicted octanol–water partition coefficient (Wildman–Crippen LogP) is 3.71. The number of halogens is 1. The standard InChI is InChI=1S/C18H13BrN2O3/c1-11(12-5-3-2-4-6-12)20-21-17(22)15-10-13-9-14(19)7-8-16(13)24-18(15)23/h2-10H,1H3,(H,21,22)/b20-11+. The Labute approximate surface area is 146 Å². The van der Waals surface area contributed by atoms with Gasteiger partial charge in [0.2, 0.25) is 0 Å². The van der Waals surface area contributed by atoms with Gasteiger partial charge in [-0.15, -0.1) is 0 Å². The van der Waals surface area contributed by atoms with E-state index in [4.69, 9.17) is 4.42 Å². The minimum atomic E-state index is -0.699. The molecular weight excluding hydrogens is 372 g/mol. The van der Waals surface area contributed by atoms with Crippen LogP contribution in [0.25, 0.3) is 11.0 Å². The minimum Gasteiger partial charge on any atom is -0.422 e. The van der Waals surface area contributed by atoms with Gasteiger partial charge in [-0.05, 0) is 36.8 Å². The van der Waals surface area contributed by atoms with Gasteiger partial charge in [-0.1, -0.05) is 46.3 Å². The van der Waals surface area contributed by atoms with Crippen LogP contribution in [0.3, 0.4) is 0 Å². The second-order valence-corrected chi connectivity index (χ2v) is 6.05. The number of amides is 1. The first-order chi connectivity index (χ1) is 11.5. The normalized spacial score (nSPS) is 11.5. The Balaban J connectivity index is 1.89. The summed E-state index contributed by atoms with van der Waals surface area (Å²) >= 11 is 3.35. The molecule has 0 aliphatic heterocycles. The number of hydrazone groups is 1. The Kier molecular flexibility index (Phi) is 4.57. The van der Waals surface area contributed by atoms with Gasteiger partial charge in [0.05, 0.1) is 5.71 Å². The van der Waals surface area contributed by atoms with E-state index in [9.17, 15) is 9.59 Å². The highest BCUT2D eigenvalue weighted by molar-refractivity contribution is 9.10. The fourth-order valence-electron chi connectivity index (χ4n) is 2.19. The predicted molar refractivity (Wildman–Crippen MR) is 96.3 cm³/mol. The minimum absolute atomic E-state index is 0.0924. The lowest BCUT2D eigenvalue weighted by Crippen LogP contribution is -2.25. The molecule has 0 unspecified atom stereocenters. The summed E-state index contributed by atoms with van der Waals surface area (Å²) in [5.41, 5.74) is 3.54. The summed E-state index contributed by atoms with van der Waals surface area (Å²) in [6, 6.07) is 16.1. The molecule has 0 radical (unpaired) electrons. The van der Waals surface area contributed by atoms with E-state index in [2.05, 4.69) is 26.5 Å². The monoisotopic (exact) mass is 384 g/mol. The van der Waals surface area contributed by atoms with Crippen LogP contribution in [0.4, 0.5) is 0 Å². The smallest absolute Gasteiger partial charge is 0.349 e. The van der Waals surface area contributed by atoms with Gasteiger partial charge < -0.3 is 4.42 Å². The van der Waals surface area contributed by atoms with Gasteiger partial charge in [-0.2, -0.15) is 5.10 Å². The first-order valence-corrected chi connectivity index (χ1v) is 7.97. The highest BCUT2D eigenvalue weighted by atomic mass is 79.9.